The van der Waals surface area contributed by atoms with Crippen molar-refractivity contribution < 1.29 is 14.3 Å². The van der Waals surface area contributed by atoms with E-state index < -0.39 is 11.9 Å². The zero-order valence-electron chi connectivity index (χ0n) is 13.9. The summed E-state index contributed by atoms with van der Waals surface area (Å²) >= 11 is 7.37. The summed E-state index contributed by atoms with van der Waals surface area (Å²) < 4.78 is 6.83. The summed E-state index contributed by atoms with van der Waals surface area (Å²) in [5.74, 6) is -1.01. The summed E-state index contributed by atoms with van der Waals surface area (Å²) in [4.78, 5) is 29.5. The third kappa shape index (κ3) is 3.83. The Bertz CT molecular complexity index is 922. The highest BCUT2D eigenvalue weighted by molar-refractivity contribution is 7.18. The van der Waals surface area contributed by atoms with Crippen LogP contribution in [-0.2, 0) is 9.53 Å². The number of imidazole rings is 1. The summed E-state index contributed by atoms with van der Waals surface area (Å²) in [5, 5.41) is 3.13. The number of amides is 1. The molecule has 0 radical (unpaired) electrons. The lowest BCUT2D eigenvalue weighted by Gasteiger charge is -2.11. The van der Waals surface area contributed by atoms with Gasteiger partial charge in [0.2, 0.25) is 0 Å². The van der Waals surface area contributed by atoms with E-state index >= 15 is 0 Å². The molecule has 0 atom stereocenters. The minimum atomic E-state index is -0.560. The largest absolute Gasteiger partial charge is 0.451 e. The van der Waals surface area contributed by atoms with Gasteiger partial charge in [0.25, 0.3) is 5.91 Å². The van der Waals surface area contributed by atoms with E-state index in [1.807, 2.05) is 33.0 Å². The zero-order valence-corrected chi connectivity index (χ0v) is 15.5. The van der Waals surface area contributed by atoms with Crippen LogP contribution in [0.25, 0.3) is 4.96 Å². The van der Waals surface area contributed by atoms with Gasteiger partial charge in [-0.1, -0.05) is 29.0 Å². The van der Waals surface area contributed by atoms with Crippen LogP contribution in [0.4, 0.5) is 5.69 Å². The van der Waals surface area contributed by atoms with Gasteiger partial charge in [-0.3, -0.25) is 9.20 Å². The molecular weight excluding hydrogens is 362 g/mol. The Balaban J connectivity index is 1.62. The number of fused-ring (bicyclic) bond motifs is 1. The van der Waals surface area contributed by atoms with Crippen LogP contribution in [0.3, 0.4) is 0 Å². The number of thiazole rings is 1. The second-order valence-electron chi connectivity index (χ2n) is 5.73. The minimum absolute atomic E-state index is 0.387. The molecule has 0 fully saturated rings. The van der Waals surface area contributed by atoms with E-state index in [0.717, 1.165) is 16.8 Å². The average Bonchev–Trinajstić information content (AvgIpc) is 3.05. The fraction of sp³-hybridized carbons (Fsp3) is 0.235. The summed E-state index contributed by atoms with van der Waals surface area (Å²) in [7, 11) is 0. The van der Waals surface area contributed by atoms with Gasteiger partial charge >= 0.3 is 5.97 Å². The highest BCUT2D eigenvalue weighted by Gasteiger charge is 2.16. The first-order chi connectivity index (χ1) is 11.8. The monoisotopic (exact) mass is 377 g/mol. The quantitative estimate of drug-likeness (QED) is 0.702. The van der Waals surface area contributed by atoms with Crippen molar-refractivity contribution in [3.63, 3.8) is 0 Å². The van der Waals surface area contributed by atoms with Gasteiger partial charge in [0.05, 0.1) is 16.4 Å². The average molecular weight is 378 g/mol. The third-order valence-corrected chi connectivity index (χ3v) is 4.78. The van der Waals surface area contributed by atoms with Crippen molar-refractivity contribution >= 4 is 45.5 Å². The van der Waals surface area contributed by atoms with Gasteiger partial charge in [-0.2, -0.15) is 0 Å². The van der Waals surface area contributed by atoms with Gasteiger partial charge in [0, 0.05) is 12.4 Å². The van der Waals surface area contributed by atoms with Crippen LogP contribution in [0.5, 0.6) is 0 Å². The highest BCUT2D eigenvalue weighted by Crippen LogP contribution is 2.27. The van der Waals surface area contributed by atoms with Gasteiger partial charge in [0.1, 0.15) is 4.88 Å². The van der Waals surface area contributed by atoms with E-state index in [1.54, 1.807) is 16.7 Å². The van der Waals surface area contributed by atoms with Crippen LogP contribution < -0.4 is 5.32 Å². The van der Waals surface area contributed by atoms with Gasteiger partial charge in [-0.05, 0) is 38.0 Å². The number of carbonyl (C=O) groups excluding carboxylic acids is 2. The molecule has 0 aliphatic heterocycles. The lowest BCUT2D eigenvalue weighted by Crippen LogP contribution is -2.21. The molecule has 0 aliphatic rings. The van der Waals surface area contributed by atoms with Crippen LogP contribution in [0.1, 0.15) is 26.5 Å². The molecule has 3 rings (SSSR count). The number of carbonyl (C=O) groups is 2. The summed E-state index contributed by atoms with van der Waals surface area (Å²) in [6, 6.07) is 3.68. The second-order valence-corrected chi connectivity index (χ2v) is 7.15. The number of hydrogen-bond donors (Lipinski definition) is 1. The number of aromatic nitrogens is 2. The molecule has 130 valence electrons. The van der Waals surface area contributed by atoms with E-state index in [2.05, 4.69) is 10.3 Å². The standard InChI is InChI=1S/C17H16ClN3O3S/c1-9-4-10(2)15(12(18)5-9)20-14(22)8-24-16(23)13-7-21-6-11(3)19-17(21)25-13/h4-7H,8H2,1-3H3,(H,20,22). The molecule has 25 heavy (non-hydrogen) atoms. The molecule has 6 nitrogen and oxygen atoms in total. The number of halogens is 1. The van der Waals surface area contributed by atoms with E-state index in [4.69, 9.17) is 16.3 Å². The zero-order chi connectivity index (χ0) is 18.1. The molecule has 2 heterocycles. The molecule has 0 saturated heterocycles. The van der Waals surface area contributed by atoms with Crippen LogP contribution >= 0.6 is 22.9 Å². The Morgan fingerprint density at radius 3 is 2.72 bits per heavy atom. The fourth-order valence-electron chi connectivity index (χ4n) is 2.46. The number of hydrogen-bond acceptors (Lipinski definition) is 5. The molecule has 8 heteroatoms. The third-order valence-electron chi connectivity index (χ3n) is 3.51. The predicted octanol–water partition coefficient (Wildman–Crippen LogP) is 3.77. The Kier molecular flexibility index (Phi) is 4.78. The Labute approximate surface area is 153 Å². The normalized spacial score (nSPS) is 10.9. The number of ether oxygens (including phenoxy) is 1. The maximum absolute atomic E-state index is 12.1. The number of rotatable bonds is 4. The predicted molar refractivity (Wildman–Crippen MR) is 97.6 cm³/mol. The minimum Gasteiger partial charge on any atom is -0.451 e. The summed E-state index contributed by atoms with van der Waals surface area (Å²) in [5.41, 5.74) is 3.25. The number of nitrogens with one attached hydrogen (secondary N) is 1. The summed E-state index contributed by atoms with van der Waals surface area (Å²) in [6.45, 7) is 5.26. The molecular formula is C17H16ClN3O3S. The molecule has 1 amide bonds. The van der Waals surface area contributed by atoms with Gasteiger partial charge in [0.15, 0.2) is 11.6 Å². The molecule has 1 aromatic carbocycles. The van der Waals surface area contributed by atoms with E-state index in [9.17, 15) is 9.59 Å². The molecule has 0 unspecified atom stereocenters. The first-order valence-corrected chi connectivity index (χ1v) is 8.72. The van der Waals surface area contributed by atoms with Crippen molar-refractivity contribution in [2.24, 2.45) is 0 Å². The van der Waals surface area contributed by atoms with E-state index in [1.165, 1.54) is 11.3 Å². The first kappa shape index (κ1) is 17.4. The molecule has 0 saturated carbocycles. The van der Waals surface area contributed by atoms with Crippen molar-refractivity contribution in [1.82, 2.24) is 9.38 Å². The maximum Gasteiger partial charge on any atom is 0.350 e. The topological polar surface area (TPSA) is 72.7 Å². The van der Waals surface area contributed by atoms with Gasteiger partial charge in [-0.15, -0.1) is 0 Å². The number of nitrogens with zero attached hydrogens (tertiary/aromatic N) is 2. The Hall–Kier alpha value is -2.38. The van der Waals surface area contributed by atoms with E-state index in [0.29, 0.717) is 20.5 Å². The molecule has 0 aliphatic carbocycles. The number of anilines is 1. The lowest BCUT2D eigenvalue weighted by atomic mass is 10.1. The van der Waals surface area contributed by atoms with Crippen LogP contribution in [0, 0.1) is 20.8 Å². The lowest BCUT2D eigenvalue weighted by molar-refractivity contribution is -0.119. The Morgan fingerprint density at radius 1 is 1.28 bits per heavy atom. The second kappa shape index (κ2) is 6.85. The molecule has 3 aromatic rings. The molecule has 2 aromatic heterocycles. The number of esters is 1. The van der Waals surface area contributed by atoms with Crippen molar-refractivity contribution in [3.05, 3.63) is 51.2 Å². The maximum atomic E-state index is 12.1. The number of benzene rings is 1. The highest BCUT2D eigenvalue weighted by atomic mass is 35.5. The smallest absolute Gasteiger partial charge is 0.350 e. The van der Waals surface area contributed by atoms with Crippen LogP contribution in [0.2, 0.25) is 5.02 Å². The fourth-order valence-corrected chi connectivity index (χ4v) is 3.73. The van der Waals surface area contributed by atoms with Crippen molar-refractivity contribution in [1.29, 1.82) is 0 Å². The summed E-state index contributed by atoms with van der Waals surface area (Å²) in [6.07, 6.45) is 3.46. The van der Waals surface area contributed by atoms with Crippen molar-refractivity contribution in [3.8, 4) is 0 Å². The number of aryl methyl sites for hydroxylation is 3. The van der Waals surface area contributed by atoms with Gasteiger partial charge < -0.3 is 10.1 Å². The molecule has 1 N–H and O–H groups in total. The van der Waals surface area contributed by atoms with E-state index in [-0.39, 0.29) is 6.61 Å². The molecule has 0 bridgehead atoms. The molecule has 0 spiro atoms. The Morgan fingerprint density at radius 2 is 2.04 bits per heavy atom. The van der Waals surface area contributed by atoms with Crippen LogP contribution in [0.15, 0.2) is 24.5 Å². The van der Waals surface area contributed by atoms with Crippen molar-refractivity contribution in [2.75, 3.05) is 11.9 Å². The first-order valence-electron chi connectivity index (χ1n) is 7.52. The van der Waals surface area contributed by atoms with Gasteiger partial charge in [-0.25, -0.2) is 9.78 Å². The van der Waals surface area contributed by atoms with Crippen LogP contribution in [-0.4, -0.2) is 27.9 Å². The SMILES string of the molecule is Cc1cc(C)c(NC(=O)COC(=O)c2cn3cc(C)nc3s2)c(Cl)c1. The van der Waals surface area contributed by atoms with Crippen molar-refractivity contribution in [2.45, 2.75) is 20.8 Å².